The van der Waals surface area contributed by atoms with E-state index in [0.29, 0.717) is 11.5 Å². The SMILES string of the molecule is CC1CC(C)(C)[N+]2(CCS(=O)(=O)CC2)C1.[Cl-]. The molecule has 0 aliphatic carbocycles. The molecular weight excluding hydrogens is 246 g/mol. The lowest BCUT2D eigenvalue weighted by Gasteiger charge is -2.47. The highest BCUT2D eigenvalue weighted by atomic mass is 35.5. The molecule has 2 saturated heterocycles. The summed E-state index contributed by atoms with van der Waals surface area (Å²) in [6, 6.07) is 0. The topological polar surface area (TPSA) is 34.1 Å². The van der Waals surface area contributed by atoms with Crippen LogP contribution in [0.25, 0.3) is 0 Å². The van der Waals surface area contributed by atoms with E-state index in [2.05, 4.69) is 20.8 Å². The Morgan fingerprint density at radius 3 is 2.06 bits per heavy atom. The summed E-state index contributed by atoms with van der Waals surface area (Å²) in [6.45, 7) is 9.72. The zero-order valence-electron chi connectivity index (χ0n) is 10.4. The zero-order valence-corrected chi connectivity index (χ0v) is 11.9. The van der Waals surface area contributed by atoms with E-state index in [4.69, 9.17) is 0 Å². The molecule has 5 heteroatoms. The Morgan fingerprint density at radius 1 is 1.19 bits per heavy atom. The molecule has 0 aromatic heterocycles. The van der Waals surface area contributed by atoms with Crippen LogP contribution >= 0.6 is 0 Å². The second kappa shape index (κ2) is 4.14. The summed E-state index contributed by atoms with van der Waals surface area (Å²) in [5.74, 6) is 1.52. The fraction of sp³-hybridized carbons (Fsp3) is 1.00. The normalized spacial score (nSPS) is 34.6. The van der Waals surface area contributed by atoms with E-state index >= 15 is 0 Å². The van der Waals surface area contributed by atoms with E-state index < -0.39 is 9.84 Å². The van der Waals surface area contributed by atoms with Crippen molar-refractivity contribution in [3.63, 3.8) is 0 Å². The molecule has 2 fully saturated rings. The molecule has 3 nitrogen and oxygen atoms in total. The molecule has 2 aliphatic rings. The predicted molar refractivity (Wildman–Crippen MR) is 61.4 cm³/mol. The minimum Gasteiger partial charge on any atom is -1.00 e. The summed E-state index contributed by atoms with van der Waals surface area (Å²) in [7, 11) is -2.73. The molecule has 0 amide bonds. The van der Waals surface area contributed by atoms with Gasteiger partial charge in [-0.25, -0.2) is 8.42 Å². The lowest BCUT2D eigenvalue weighted by Crippen LogP contribution is -3.00. The molecule has 16 heavy (non-hydrogen) atoms. The van der Waals surface area contributed by atoms with Gasteiger partial charge in [-0.2, -0.15) is 0 Å². The van der Waals surface area contributed by atoms with Gasteiger partial charge in [0.2, 0.25) is 0 Å². The van der Waals surface area contributed by atoms with Crippen molar-refractivity contribution >= 4 is 9.84 Å². The number of nitrogens with zero attached hydrogens (tertiary/aromatic N) is 1. The van der Waals surface area contributed by atoms with Gasteiger partial charge in [-0.15, -0.1) is 0 Å². The van der Waals surface area contributed by atoms with Crippen LogP contribution < -0.4 is 12.4 Å². The highest BCUT2D eigenvalue weighted by Crippen LogP contribution is 2.40. The zero-order chi connectivity index (χ0) is 11.3. The maximum atomic E-state index is 11.5. The van der Waals surface area contributed by atoms with Crippen LogP contribution in [0, 0.1) is 5.92 Å². The molecule has 2 aliphatic heterocycles. The van der Waals surface area contributed by atoms with Crippen molar-refractivity contribution in [2.75, 3.05) is 31.1 Å². The van der Waals surface area contributed by atoms with Crippen LogP contribution in [-0.4, -0.2) is 49.6 Å². The van der Waals surface area contributed by atoms with Crippen LogP contribution in [0.3, 0.4) is 0 Å². The first-order chi connectivity index (χ1) is 6.77. The number of sulfone groups is 1. The minimum atomic E-state index is -2.73. The second-order valence-corrected chi connectivity index (χ2v) is 8.35. The Morgan fingerprint density at radius 2 is 1.69 bits per heavy atom. The van der Waals surface area contributed by atoms with Crippen molar-refractivity contribution in [2.24, 2.45) is 5.92 Å². The third-order valence-electron chi connectivity index (χ3n) is 4.45. The molecule has 0 bridgehead atoms. The van der Waals surface area contributed by atoms with E-state index in [9.17, 15) is 8.42 Å². The number of rotatable bonds is 0. The molecule has 0 aromatic carbocycles. The fourth-order valence-corrected chi connectivity index (χ4v) is 5.04. The molecular formula is C11H22ClNO2S. The van der Waals surface area contributed by atoms with Gasteiger partial charge in [-0.1, -0.05) is 6.92 Å². The first kappa shape index (κ1) is 14.3. The molecule has 0 aromatic rings. The maximum Gasteiger partial charge on any atom is 0.161 e. The van der Waals surface area contributed by atoms with Gasteiger partial charge in [0.1, 0.15) is 0 Å². The van der Waals surface area contributed by atoms with Crippen LogP contribution in [-0.2, 0) is 9.84 Å². The van der Waals surface area contributed by atoms with Gasteiger partial charge < -0.3 is 16.9 Å². The van der Waals surface area contributed by atoms with E-state index in [-0.39, 0.29) is 17.9 Å². The average Bonchev–Trinajstić information content (AvgIpc) is 2.29. The van der Waals surface area contributed by atoms with Gasteiger partial charge in [0.05, 0.1) is 36.7 Å². The summed E-state index contributed by atoms with van der Waals surface area (Å²) in [6.07, 6.45) is 1.23. The number of quaternary nitrogens is 1. The molecule has 96 valence electrons. The highest BCUT2D eigenvalue weighted by Gasteiger charge is 2.53. The Balaban J connectivity index is 0.00000128. The first-order valence-corrected chi connectivity index (χ1v) is 7.65. The summed E-state index contributed by atoms with van der Waals surface area (Å²) in [4.78, 5) is 0. The van der Waals surface area contributed by atoms with E-state index in [0.717, 1.165) is 23.5 Å². The second-order valence-electron chi connectivity index (χ2n) is 6.05. The summed E-state index contributed by atoms with van der Waals surface area (Å²) in [5, 5.41) is 0. The molecule has 2 rings (SSSR count). The lowest BCUT2D eigenvalue weighted by molar-refractivity contribution is -0.958. The summed E-state index contributed by atoms with van der Waals surface area (Å²) >= 11 is 0. The molecule has 1 unspecified atom stereocenters. The number of halogens is 1. The molecule has 1 atom stereocenters. The Kier molecular flexibility index (Phi) is 3.69. The quantitative estimate of drug-likeness (QED) is 0.479. The standard InChI is InChI=1S/C11H22NO2S.ClH/c1-10-8-11(2,3)12(9-10)4-6-15(13,14)7-5-12;/h10H,4-9H2,1-3H3;1H/q+1;/p-1. The average molecular weight is 268 g/mol. The van der Waals surface area contributed by atoms with Crippen molar-refractivity contribution in [2.45, 2.75) is 32.7 Å². The van der Waals surface area contributed by atoms with Crippen molar-refractivity contribution in [3.05, 3.63) is 0 Å². The largest absolute Gasteiger partial charge is 1.00 e. The monoisotopic (exact) mass is 267 g/mol. The molecule has 0 N–H and O–H groups in total. The summed E-state index contributed by atoms with van der Waals surface area (Å²) < 4.78 is 24.0. The molecule has 1 spiro atoms. The van der Waals surface area contributed by atoms with Crippen LogP contribution in [0.15, 0.2) is 0 Å². The minimum absolute atomic E-state index is 0. The smallest absolute Gasteiger partial charge is 0.161 e. The maximum absolute atomic E-state index is 11.5. The number of hydrogen-bond donors (Lipinski definition) is 0. The molecule has 2 heterocycles. The molecule has 0 saturated carbocycles. The van der Waals surface area contributed by atoms with Crippen LogP contribution in [0.1, 0.15) is 27.2 Å². The van der Waals surface area contributed by atoms with Gasteiger partial charge >= 0.3 is 0 Å². The first-order valence-electron chi connectivity index (χ1n) is 5.83. The highest BCUT2D eigenvalue weighted by molar-refractivity contribution is 7.91. The van der Waals surface area contributed by atoms with Crippen LogP contribution in [0.2, 0.25) is 0 Å². The lowest BCUT2D eigenvalue weighted by atomic mass is 9.96. The van der Waals surface area contributed by atoms with Gasteiger partial charge in [0.25, 0.3) is 0 Å². The van der Waals surface area contributed by atoms with E-state index in [1.807, 2.05) is 0 Å². The van der Waals surface area contributed by atoms with E-state index in [1.165, 1.54) is 13.0 Å². The van der Waals surface area contributed by atoms with Crippen molar-refractivity contribution in [1.29, 1.82) is 0 Å². The van der Waals surface area contributed by atoms with Gasteiger partial charge in [0.15, 0.2) is 9.84 Å². The molecule has 0 radical (unpaired) electrons. The third kappa shape index (κ3) is 2.24. The van der Waals surface area contributed by atoms with Crippen molar-refractivity contribution < 1.29 is 25.3 Å². The predicted octanol–water partition coefficient (Wildman–Crippen LogP) is -1.95. The Hall–Kier alpha value is 0.200. The van der Waals surface area contributed by atoms with Crippen molar-refractivity contribution in [1.82, 2.24) is 0 Å². The van der Waals surface area contributed by atoms with Crippen LogP contribution in [0.5, 0.6) is 0 Å². The number of hydrogen-bond acceptors (Lipinski definition) is 2. The van der Waals surface area contributed by atoms with Gasteiger partial charge in [-0.05, 0) is 13.8 Å². The summed E-state index contributed by atoms with van der Waals surface area (Å²) in [5.41, 5.74) is 0.273. The third-order valence-corrected chi connectivity index (χ3v) is 6.06. The fourth-order valence-electron chi connectivity index (χ4n) is 3.58. The van der Waals surface area contributed by atoms with E-state index in [1.54, 1.807) is 0 Å². The van der Waals surface area contributed by atoms with Gasteiger partial charge in [0, 0.05) is 12.3 Å². The van der Waals surface area contributed by atoms with Crippen LogP contribution in [0.4, 0.5) is 0 Å². The van der Waals surface area contributed by atoms with Crippen molar-refractivity contribution in [3.8, 4) is 0 Å². The Labute approximate surface area is 105 Å². The Bertz CT molecular complexity index is 350. The van der Waals surface area contributed by atoms with Gasteiger partial charge in [-0.3, -0.25) is 0 Å².